The molecule has 1 aliphatic heterocycles. The summed E-state index contributed by atoms with van der Waals surface area (Å²) in [5, 5.41) is 2.70. The van der Waals surface area contributed by atoms with Crippen LogP contribution in [0.3, 0.4) is 0 Å². The summed E-state index contributed by atoms with van der Waals surface area (Å²) in [7, 11) is 0. The second kappa shape index (κ2) is 5.54. The van der Waals surface area contributed by atoms with E-state index in [1.807, 2.05) is 6.92 Å². The fourth-order valence-corrected chi connectivity index (χ4v) is 2.74. The molecule has 20 heavy (non-hydrogen) atoms. The van der Waals surface area contributed by atoms with E-state index in [0.717, 1.165) is 11.4 Å². The van der Waals surface area contributed by atoms with Crippen LogP contribution in [0.5, 0.6) is 5.88 Å². The first-order chi connectivity index (χ1) is 9.72. The maximum atomic E-state index is 12.2. The number of carbonyl (C=O) groups is 1. The van der Waals surface area contributed by atoms with Crippen LogP contribution in [0.4, 0.5) is 0 Å². The molecule has 0 bridgehead atoms. The Labute approximate surface area is 120 Å². The van der Waals surface area contributed by atoms with Crippen molar-refractivity contribution in [3.63, 3.8) is 0 Å². The monoisotopic (exact) mass is 290 g/mol. The van der Waals surface area contributed by atoms with Crippen molar-refractivity contribution in [1.82, 2.24) is 19.9 Å². The molecule has 0 spiro atoms. The van der Waals surface area contributed by atoms with Crippen molar-refractivity contribution in [3.05, 3.63) is 34.7 Å². The predicted octanol–water partition coefficient (Wildman–Crippen LogP) is 1.54. The normalized spacial score (nSPS) is 18.2. The number of ether oxygens (including phenoxy) is 1. The van der Waals surface area contributed by atoms with Crippen LogP contribution >= 0.6 is 11.3 Å². The molecule has 2 aromatic heterocycles. The number of likely N-dealkylation sites (tertiary alicyclic amines) is 1. The quantitative estimate of drug-likeness (QED) is 0.857. The number of amides is 1. The number of nitrogens with zero attached hydrogens (tertiary/aromatic N) is 4. The van der Waals surface area contributed by atoms with Crippen molar-refractivity contribution in [1.29, 1.82) is 0 Å². The van der Waals surface area contributed by atoms with Gasteiger partial charge in [-0.15, -0.1) is 11.3 Å². The van der Waals surface area contributed by atoms with E-state index in [1.165, 1.54) is 11.3 Å². The Kier molecular flexibility index (Phi) is 3.60. The number of carbonyl (C=O) groups excluding carboxylic acids is 1. The lowest BCUT2D eigenvalue weighted by Crippen LogP contribution is -2.31. The van der Waals surface area contributed by atoms with Crippen LogP contribution in [-0.2, 0) is 0 Å². The molecule has 7 heteroatoms. The minimum atomic E-state index is -0.0321. The van der Waals surface area contributed by atoms with E-state index >= 15 is 0 Å². The van der Waals surface area contributed by atoms with E-state index in [0.29, 0.717) is 24.7 Å². The van der Waals surface area contributed by atoms with Crippen LogP contribution in [0, 0.1) is 6.92 Å². The Balaban J connectivity index is 1.61. The van der Waals surface area contributed by atoms with Gasteiger partial charge in [0.05, 0.1) is 17.7 Å². The molecule has 0 saturated carbocycles. The summed E-state index contributed by atoms with van der Waals surface area (Å²) < 4.78 is 5.71. The molecule has 6 nitrogen and oxygen atoms in total. The van der Waals surface area contributed by atoms with E-state index < -0.39 is 0 Å². The molecule has 2 aromatic rings. The molecule has 1 saturated heterocycles. The zero-order valence-electron chi connectivity index (χ0n) is 11.0. The van der Waals surface area contributed by atoms with Gasteiger partial charge < -0.3 is 9.64 Å². The van der Waals surface area contributed by atoms with E-state index in [4.69, 9.17) is 4.74 Å². The molecule has 0 aliphatic carbocycles. The minimum Gasteiger partial charge on any atom is -0.471 e. The lowest BCUT2D eigenvalue weighted by molar-refractivity contribution is 0.0766. The molecular formula is C13H14N4O2S. The Morgan fingerprint density at radius 1 is 1.50 bits per heavy atom. The maximum absolute atomic E-state index is 12.2. The lowest BCUT2D eigenvalue weighted by Gasteiger charge is -2.15. The molecule has 0 N–H and O–H groups in total. The molecule has 0 unspecified atom stereocenters. The molecule has 0 radical (unpaired) electrons. The van der Waals surface area contributed by atoms with Gasteiger partial charge in [-0.25, -0.2) is 9.97 Å². The van der Waals surface area contributed by atoms with Crippen molar-refractivity contribution in [3.8, 4) is 5.88 Å². The third kappa shape index (κ3) is 2.77. The zero-order valence-corrected chi connectivity index (χ0v) is 11.8. The Bertz CT molecular complexity index is 601. The topological polar surface area (TPSA) is 68.2 Å². The largest absolute Gasteiger partial charge is 0.471 e. The minimum absolute atomic E-state index is 0.0282. The first kappa shape index (κ1) is 13.0. The van der Waals surface area contributed by atoms with Gasteiger partial charge in [0, 0.05) is 30.7 Å². The standard InChI is InChI=1S/C13H14N4O2S/c1-9-16-11(8-20-9)13(18)17-5-2-10(7-17)19-12-6-14-3-4-15-12/h3-4,6,8,10H,2,5,7H2,1H3/t10-/m1/s1. The number of aromatic nitrogens is 3. The third-order valence-electron chi connectivity index (χ3n) is 3.10. The van der Waals surface area contributed by atoms with Crippen LogP contribution in [-0.4, -0.2) is 45.0 Å². The van der Waals surface area contributed by atoms with Gasteiger partial charge in [-0.05, 0) is 6.92 Å². The Morgan fingerprint density at radius 2 is 2.40 bits per heavy atom. The van der Waals surface area contributed by atoms with Crippen molar-refractivity contribution in [2.75, 3.05) is 13.1 Å². The van der Waals surface area contributed by atoms with E-state index in [1.54, 1.807) is 28.9 Å². The van der Waals surface area contributed by atoms with Gasteiger partial charge in [0.2, 0.25) is 5.88 Å². The summed E-state index contributed by atoms with van der Waals surface area (Å²) in [6, 6.07) is 0. The zero-order chi connectivity index (χ0) is 13.9. The van der Waals surface area contributed by atoms with Crippen LogP contribution in [0.25, 0.3) is 0 Å². The highest BCUT2D eigenvalue weighted by Gasteiger charge is 2.29. The predicted molar refractivity (Wildman–Crippen MR) is 73.8 cm³/mol. The highest BCUT2D eigenvalue weighted by atomic mass is 32.1. The molecular weight excluding hydrogens is 276 g/mol. The molecule has 3 heterocycles. The molecule has 0 aromatic carbocycles. The van der Waals surface area contributed by atoms with Gasteiger partial charge >= 0.3 is 0 Å². The van der Waals surface area contributed by atoms with Crippen molar-refractivity contribution < 1.29 is 9.53 Å². The molecule has 3 rings (SSSR count). The summed E-state index contributed by atoms with van der Waals surface area (Å²) in [4.78, 5) is 26.3. The first-order valence-electron chi connectivity index (χ1n) is 6.36. The van der Waals surface area contributed by atoms with Gasteiger partial charge in [-0.3, -0.25) is 9.78 Å². The number of rotatable bonds is 3. The highest BCUT2D eigenvalue weighted by Crippen LogP contribution is 2.18. The number of thiazole rings is 1. The van der Waals surface area contributed by atoms with E-state index in [2.05, 4.69) is 15.0 Å². The summed E-state index contributed by atoms with van der Waals surface area (Å²) in [5.41, 5.74) is 0.521. The van der Waals surface area contributed by atoms with Gasteiger partial charge in [-0.1, -0.05) is 0 Å². The summed E-state index contributed by atoms with van der Waals surface area (Å²) in [6.07, 6.45) is 5.53. The average molecular weight is 290 g/mol. The van der Waals surface area contributed by atoms with Gasteiger partial charge in [0.15, 0.2) is 0 Å². The second-order valence-electron chi connectivity index (χ2n) is 4.58. The van der Waals surface area contributed by atoms with Gasteiger partial charge in [0.25, 0.3) is 5.91 Å². The van der Waals surface area contributed by atoms with Crippen LogP contribution in [0.15, 0.2) is 24.0 Å². The lowest BCUT2D eigenvalue weighted by atomic mass is 10.3. The number of hydrogen-bond acceptors (Lipinski definition) is 6. The smallest absolute Gasteiger partial charge is 0.273 e. The molecule has 1 atom stereocenters. The fraction of sp³-hybridized carbons (Fsp3) is 0.385. The van der Waals surface area contributed by atoms with Gasteiger partial charge in [0.1, 0.15) is 11.8 Å². The molecule has 1 aliphatic rings. The SMILES string of the molecule is Cc1nc(C(=O)N2CC[C@@H](Oc3cnccn3)C2)cs1. The summed E-state index contributed by atoms with van der Waals surface area (Å²) >= 11 is 1.49. The van der Waals surface area contributed by atoms with Crippen molar-refractivity contribution >= 4 is 17.2 Å². The fourth-order valence-electron chi connectivity index (χ4n) is 2.15. The van der Waals surface area contributed by atoms with Crippen LogP contribution in [0.2, 0.25) is 0 Å². The number of hydrogen-bond donors (Lipinski definition) is 0. The molecule has 1 amide bonds. The highest BCUT2D eigenvalue weighted by molar-refractivity contribution is 7.09. The Hall–Kier alpha value is -2.02. The Morgan fingerprint density at radius 3 is 3.10 bits per heavy atom. The van der Waals surface area contributed by atoms with E-state index in [-0.39, 0.29) is 12.0 Å². The second-order valence-corrected chi connectivity index (χ2v) is 5.64. The number of aryl methyl sites for hydroxylation is 1. The van der Waals surface area contributed by atoms with Crippen LogP contribution in [0.1, 0.15) is 21.9 Å². The first-order valence-corrected chi connectivity index (χ1v) is 7.24. The molecule has 1 fully saturated rings. The summed E-state index contributed by atoms with van der Waals surface area (Å²) in [5.74, 6) is 0.468. The van der Waals surface area contributed by atoms with Gasteiger partial charge in [-0.2, -0.15) is 0 Å². The third-order valence-corrected chi connectivity index (χ3v) is 3.87. The molecule has 104 valence electrons. The van der Waals surface area contributed by atoms with Crippen molar-refractivity contribution in [2.24, 2.45) is 0 Å². The maximum Gasteiger partial charge on any atom is 0.273 e. The van der Waals surface area contributed by atoms with E-state index in [9.17, 15) is 4.79 Å². The summed E-state index contributed by atoms with van der Waals surface area (Å²) in [6.45, 7) is 3.14. The van der Waals surface area contributed by atoms with Crippen molar-refractivity contribution in [2.45, 2.75) is 19.4 Å². The average Bonchev–Trinajstić information content (AvgIpc) is 3.08. The van der Waals surface area contributed by atoms with Crippen LogP contribution < -0.4 is 4.74 Å².